The van der Waals surface area contributed by atoms with Crippen molar-refractivity contribution in [1.29, 1.82) is 0 Å². The van der Waals surface area contributed by atoms with Gasteiger partial charge in [0.1, 0.15) is 0 Å². The molecule has 0 spiro atoms. The second-order valence-electron chi connectivity index (χ2n) is 2.91. The first kappa shape index (κ1) is 7.54. The van der Waals surface area contributed by atoms with Gasteiger partial charge < -0.3 is 10.2 Å². The molecular formula is C7H12O3. The third kappa shape index (κ3) is 1.29. The molecule has 0 bridgehead atoms. The van der Waals surface area contributed by atoms with E-state index in [1.165, 1.54) is 0 Å². The number of carboxylic acids is 1. The third-order valence-corrected chi connectivity index (χ3v) is 2.12. The van der Waals surface area contributed by atoms with Crippen LogP contribution in [0.1, 0.15) is 25.7 Å². The number of rotatable bonds is 4. The van der Waals surface area contributed by atoms with Crippen LogP contribution in [0.5, 0.6) is 0 Å². The number of aliphatic hydroxyl groups is 1. The molecule has 0 saturated heterocycles. The van der Waals surface area contributed by atoms with Gasteiger partial charge in [0.05, 0.1) is 5.41 Å². The van der Waals surface area contributed by atoms with E-state index in [0.29, 0.717) is 12.8 Å². The highest BCUT2D eigenvalue weighted by Crippen LogP contribution is 2.49. The monoisotopic (exact) mass is 144 g/mol. The van der Waals surface area contributed by atoms with Gasteiger partial charge in [0.25, 0.3) is 0 Å². The fourth-order valence-corrected chi connectivity index (χ4v) is 1.14. The minimum absolute atomic E-state index is 0.106. The number of aliphatic carboxylic acids is 1. The van der Waals surface area contributed by atoms with Crippen LogP contribution in [0.3, 0.4) is 0 Å². The number of hydrogen-bond donors (Lipinski definition) is 2. The average molecular weight is 144 g/mol. The summed E-state index contributed by atoms with van der Waals surface area (Å²) in [6, 6.07) is 0. The van der Waals surface area contributed by atoms with Crippen LogP contribution >= 0.6 is 0 Å². The van der Waals surface area contributed by atoms with E-state index in [9.17, 15) is 4.79 Å². The Labute approximate surface area is 59.7 Å². The molecule has 0 aromatic heterocycles. The first-order chi connectivity index (χ1) is 4.71. The minimum Gasteiger partial charge on any atom is -0.481 e. The van der Waals surface area contributed by atoms with E-state index in [-0.39, 0.29) is 6.61 Å². The highest BCUT2D eigenvalue weighted by molar-refractivity contribution is 5.77. The molecule has 0 aromatic rings. The van der Waals surface area contributed by atoms with E-state index in [1.807, 2.05) is 0 Å². The van der Waals surface area contributed by atoms with Crippen molar-refractivity contribution in [3.05, 3.63) is 0 Å². The van der Waals surface area contributed by atoms with Gasteiger partial charge in [-0.2, -0.15) is 0 Å². The van der Waals surface area contributed by atoms with E-state index >= 15 is 0 Å². The molecule has 2 N–H and O–H groups in total. The predicted molar refractivity (Wildman–Crippen MR) is 35.6 cm³/mol. The summed E-state index contributed by atoms with van der Waals surface area (Å²) >= 11 is 0. The second-order valence-corrected chi connectivity index (χ2v) is 2.91. The fourth-order valence-electron chi connectivity index (χ4n) is 1.14. The standard InChI is InChI=1S/C7H12O3/c8-5-1-2-7(3-4-7)6(9)10/h8H,1-5H2,(H,9,10). The summed E-state index contributed by atoms with van der Waals surface area (Å²) in [5, 5.41) is 17.1. The van der Waals surface area contributed by atoms with Crippen LogP contribution in [-0.4, -0.2) is 22.8 Å². The van der Waals surface area contributed by atoms with Crippen LogP contribution in [0.4, 0.5) is 0 Å². The smallest absolute Gasteiger partial charge is 0.309 e. The van der Waals surface area contributed by atoms with Crippen molar-refractivity contribution >= 4 is 5.97 Å². The van der Waals surface area contributed by atoms with Crippen LogP contribution in [0.15, 0.2) is 0 Å². The quantitative estimate of drug-likeness (QED) is 0.608. The fraction of sp³-hybridized carbons (Fsp3) is 0.857. The van der Waals surface area contributed by atoms with Gasteiger partial charge in [-0.15, -0.1) is 0 Å². The molecule has 0 amide bonds. The Morgan fingerprint density at radius 3 is 2.40 bits per heavy atom. The van der Waals surface area contributed by atoms with Crippen molar-refractivity contribution in [2.75, 3.05) is 6.61 Å². The van der Waals surface area contributed by atoms with Crippen molar-refractivity contribution in [2.24, 2.45) is 5.41 Å². The average Bonchev–Trinajstić information content (AvgIpc) is 2.64. The molecule has 3 heteroatoms. The van der Waals surface area contributed by atoms with Gasteiger partial charge in [-0.05, 0) is 25.7 Å². The van der Waals surface area contributed by atoms with E-state index in [2.05, 4.69) is 0 Å². The summed E-state index contributed by atoms with van der Waals surface area (Å²) < 4.78 is 0. The predicted octanol–water partition coefficient (Wildman–Crippen LogP) is 0.624. The molecule has 0 atom stereocenters. The molecule has 1 saturated carbocycles. The Hall–Kier alpha value is -0.570. The molecule has 10 heavy (non-hydrogen) atoms. The van der Waals surface area contributed by atoms with E-state index in [4.69, 9.17) is 10.2 Å². The SMILES string of the molecule is O=C(O)C1(CCCO)CC1. The highest BCUT2D eigenvalue weighted by Gasteiger charge is 2.49. The lowest BCUT2D eigenvalue weighted by molar-refractivity contribution is -0.143. The number of aliphatic hydroxyl groups excluding tert-OH is 1. The summed E-state index contributed by atoms with van der Waals surface area (Å²) in [4.78, 5) is 10.5. The molecular weight excluding hydrogens is 132 g/mol. The van der Waals surface area contributed by atoms with Crippen LogP contribution < -0.4 is 0 Å². The lowest BCUT2D eigenvalue weighted by Gasteiger charge is -2.06. The van der Waals surface area contributed by atoms with Crippen molar-refractivity contribution in [2.45, 2.75) is 25.7 Å². The normalized spacial score (nSPS) is 20.5. The molecule has 0 heterocycles. The summed E-state index contributed by atoms with van der Waals surface area (Å²) in [5.41, 5.74) is -0.442. The maximum absolute atomic E-state index is 10.5. The number of carbonyl (C=O) groups is 1. The van der Waals surface area contributed by atoms with Crippen molar-refractivity contribution < 1.29 is 15.0 Å². The molecule has 58 valence electrons. The van der Waals surface area contributed by atoms with Gasteiger partial charge in [-0.1, -0.05) is 0 Å². The summed E-state index contributed by atoms with van der Waals surface area (Å²) in [5.74, 6) is -0.694. The minimum atomic E-state index is -0.694. The lowest BCUT2D eigenvalue weighted by Crippen LogP contribution is -2.14. The van der Waals surface area contributed by atoms with Crippen LogP contribution in [0.2, 0.25) is 0 Å². The molecule has 3 nitrogen and oxygen atoms in total. The highest BCUT2D eigenvalue weighted by atomic mass is 16.4. The largest absolute Gasteiger partial charge is 0.481 e. The maximum Gasteiger partial charge on any atom is 0.309 e. The lowest BCUT2D eigenvalue weighted by atomic mass is 10.0. The van der Waals surface area contributed by atoms with E-state index < -0.39 is 11.4 Å². The first-order valence-electron chi connectivity index (χ1n) is 3.55. The van der Waals surface area contributed by atoms with E-state index in [0.717, 1.165) is 12.8 Å². The van der Waals surface area contributed by atoms with Gasteiger partial charge in [0.2, 0.25) is 0 Å². The zero-order valence-corrected chi connectivity index (χ0v) is 5.84. The van der Waals surface area contributed by atoms with Gasteiger partial charge in [0, 0.05) is 6.61 Å². The topological polar surface area (TPSA) is 57.5 Å². The first-order valence-corrected chi connectivity index (χ1v) is 3.55. The van der Waals surface area contributed by atoms with Crippen molar-refractivity contribution in [3.63, 3.8) is 0 Å². The number of carboxylic acid groups (broad SMARTS) is 1. The summed E-state index contributed by atoms with van der Waals surface area (Å²) in [6.45, 7) is 0.106. The Morgan fingerprint density at radius 1 is 1.50 bits per heavy atom. The Morgan fingerprint density at radius 2 is 2.10 bits per heavy atom. The zero-order chi connectivity index (χ0) is 7.61. The van der Waals surface area contributed by atoms with Gasteiger partial charge in [-0.3, -0.25) is 4.79 Å². The molecule has 1 fully saturated rings. The van der Waals surface area contributed by atoms with E-state index in [1.54, 1.807) is 0 Å². The third-order valence-electron chi connectivity index (χ3n) is 2.12. The molecule has 0 aliphatic heterocycles. The van der Waals surface area contributed by atoms with Crippen molar-refractivity contribution in [3.8, 4) is 0 Å². The van der Waals surface area contributed by atoms with Crippen LogP contribution in [0, 0.1) is 5.41 Å². The van der Waals surface area contributed by atoms with Gasteiger partial charge in [0.15, 0.2) is 0 Å². The molecule has 1 aliphatic carbocycles. The zero-order valence-electron chi connectivity index (χ0n) is 5.84. The van der Waals surface area contributed by atoms with Gasteiger partial charge >= 0.3 is 5.97 Å². The molecule has 1 aliphatic rings. The Bertz CT molecular complexity index is 138. The Kier molecular flexibility index (Phi) is 1.94. The van der Waals surface area contributed by atoms with Crippen molar-refractivity contribution in [1.82, 2.24) is 0 Å². The van der Waals surface area contributed by atoms with Crippen LogP contribution in [0.25, 0.3) is 0 Å². The summed E-state index contributed by atoms with van der Waals surface area (Å²) in [7, 11) is 0. The summed E-state index contributed by atoms with van der Waals surface area (Å²) in [6.07, 6.45) is 2.84. The maximum atomic E-state index is 10.5. The second kappa shape index (κ2) is 2.58. The molecule has 1 rings (SSSR count). The molecule has 0 aromatic carbocycles. The molecule has 0 radical (unpaired) electrons. The Balaban J connectivity index is 2.31. The van der Waals surface area contributed by atoms with Gasteiger partial charge in [-0.25, -0.2) is 0 Å². The number of hydrogen-bond acceptors (Lipinski definition) is 2. The van der Waals surface area contributed by atoms with Crippen LogP contribution in [-0.2, 0) is 4.79 Å². The molecule has 0 unspecified atom stereocenters.